The van der Waals surface area contributed by atoms with E-state index < -0.39 is 0 Å². The highest BCUT2D eigenvalue weighted by molar-refractivity contribution is 5.79. The first kappa shape index (κ1) is 13.9. The van der Waals surface area contributed by atoms with E-state index in [1.165, 1.54) is 7.11 Å². The Morgan fingerprint density at radius 3 is 2.53 bits per heavy atom. The van der Waals surface area contributed by atoms with E-state index in [4.69, 9.17) is 4.74 Å². The van der Waals surface area contributed by atoms with Crippen molar-refractivity contribution in [2.45, 2.75) is 40.0 Å². The summed E-state index contributed by atoms with van der Waals surface area (Å²) in [6, 6.07) is 0. The molecule has 0 aromatic carbocycles. The standard InChI is InChI=1S/C14H22O3/c1-5-6-7-10(9-15)8-11-12(13(16)17-4)14(11,2)3/h8-9,11-12H,5-7H2,1-4H3. The molecule has 2 atom stereocenters. The van der Waals surface area contributed by atoms with Crippen LogP contribution in [-0.4, -0.2) is 19.4 Å². The fourth-order valence-electron chi connectivity index (χ4n) is 2.36. The molecule has 0 amide bonds. The van der Waals surface area contributed by atoms with Crippen molar-refractivity contribution in [1.29, 1.82) is 0 Å². The fraction of sp³-hybridized carbons (Fsp3) is 0.714. The smallest absolute Gasteiger partial charge is 0.309 e. The van der Waals surface area contributed by atoms with Gasteiger partial charge in [0.25, 0.3) is 0 Å². The van der Waals surface area contributed by atoms with Crippen LogP contribution in [0.15, 0.2) is 11.6 Å². The lowest BCUT2D eigenvalue weighted by Gasteiger charge is -2.00. The van der Waals surface area contributed by atoms with Gasteiger partial charge in [0.1, 0.15) is 6.29 Å². The van der Waals surface area contributed by atoms with Gasteiger partial charge in [-0.25, -0.2) is 0 Å². The summed E-state index contributed by atoms with van der Waals surface area (Å²) in [4.78, 5) is 22.5. The number of hydrogen-bond donors (Lipinski definition) is 0. The average Bonchev–Trinajstić information content (AvgIpc) is 2.85. The van der Waals surface area contributed by atoms with E-state index in [1.807, 2.05) is 19.9 Å². The first-order valence-electron chi connectivity index (χ1n) is 6.22. The van der Waals surface area contributed by atoms with Crippen molar-refractivity contribution in [1.82, 2.24) is 0 Å². The molecule has 1 saturated carbocycles. The van der Waals surface area contributed by atoms with Crippen LogP contribution in [0.25, 0.3) is 0 Å². The van der Waals surface area contributed by atoms with Gasteiger partial charge in [0.2, 0.25) is 0 Å². The van der Waals surface area contributed by atoms with Gasteiger partial charge in [-0.1, -0.05) is 33.3 Å². The zero-order valence-corrected chi connectivity index (χ0v) is 11.2. The third-order valence-electron chi connectivity index (χ3n) is 3.73. The number of hydrogen-bond acceptors (Lipinski definition) is 3. The van der Waals surface area contributed by atoms with Crippen molar-refractivity contribution in [2.24, 2.45) is 17.3 Å². The lowest BCUT2D eigenvalue weighted by molar-refractivity contribution is -0.143. The molecule has 0 aromatic rings. The largest absolute Gasteiger partial charge is 0.469 e. The summed E-state index contributed by atoms with van der Waals surface area (Å²) in [6.07, 6.45) is 5.77. The molecule has 0 saturated heterocycles. The zero-order chi connectivity index (χ0) is 13.1. The average molecular weight is 238 g/mol. The normalized spacial score (nSPS) is 26.5. The van der Waals surface area contributed by atoms with Gasteiger partial charge in [-0.2, -0.15) is 0 Å². The molecule has 1 aliphatic carbocycles. The molecule has 0 aromatic heterocycles. The highest BCUT2D eigenvalue weighted by Crippen LogP contribution is 2.59. The number of esters is 1. The molecule has 1 aliphatic rings. The van der Waals surface area contributed by atoms with Gasteiger partial charge < -0.3 is 4.74 Å². The van der Waals surface area contributed by atoms with Crippen LogP contribution in [0.4, 0.5) is 0 Å². The number of aldehydes is 1. The number of rotatable bonds is 6. The lowest BCUT2D eigenvalue weighted by Crippen LogP contribution is -2.07. The number of carbonyl (C=O) groups is 2. The first-order chi connectivity index (χ1) is 7.98. The van der Waals surface area contributed by atoms with E-state index >= 15 is 0 Å². The van der Waals surface area contributed by atoms with E-state index in [2.05, 4.69) is 6.92 Å². The first-order valence-corrected chi connectivity index (χ1v) is 6.22. The summed E-state index contributed by atoms with van der Waals surface area (Å²) in [5, 5.41) is 0. The monoisotopic (exact) mass is 238 g/mol. The zero-order valence-electron chi connectivity index (χ0n) is 11.2. The van der Waals surface area contributed by atoms with E-state index in [0.717, 1.165) is 31.1 Å². The summed E-state index contributed by atoms with van der Waals surface area (Å²) in [6.45, 7) is 6.18. The summed E-state index contributed by atoms with van der Waals surface area (Å²) in [5.74, 6) is -0.118. The van der Waals surface area contributed by atoms with Gasteiger partial charge in [0, 0.05) is 0 Å². The Morgan fingerprint density at radius 1 is 1.41 bits per heavy atom. The van der Waals surface area contributed by atoms with Gasteiger partial charge in [0.05, 0.1) is 13.0 Å². The molecule has 0 radical (unpaired) electrons. The molecular weight excluding hydrogens is 216 g/mol. The molecule has 0 N–H and O–H groups in total. The van der Waals surface area contributed by atoms with Crippen molar-refractivity contribution in [2.75, 3.05) is 7.11 Å². The van der Waals surface area contributed by atoms with Crippen molar-refractivity contribution in [3.05, 3.63) is 11.6 Å². The van der Waals surface area contributed by atoms with Crippen LogP contribution in [0.2, 0.25) is 0 Å². The molecule has 96 valence electrons. The van der Waals surface area contributed by atoms with Crippen LogP contribution < -0.4 is 0 Å². The molecule has 1 rings (SSSR count). The molecule has 0 heterocycles. The quantitative estimate of drug-likeness (QED) is 0.406. The third kappa shape index (κ3) is 2.96. The maximum absolute atomic E-state index is 11.5. The molecule has 1 fully saturated rings. The van der Waals surface area contributed by atoms with Crippen molar-refractivity contribution >= 4 is 12.3 Å². The number of carbonyl (C=O) groups excluding carboxylic acids is 2. The van der Waals surface area contributed by atoms with Crippen LogP contribution in [-0.2, 0) is 14.3 Å². The van der Waals surface area contributed by atoms with Crippen LogP contribution in [0.3, 0.4) is 0 Å². The van der Waals surface area contributed by atoms with Gasteiger partial charge in [0.15, 0.2) is 0 Å². The second kappa shape index (κ2) is 5.48. The van der Waals surface area contributed by atoms with Crippen molar-refractivity contribution in [3.8, 4) is 0 Å². The van der Waals surface area contributed by atoms with Crippen LogP contribution in [0.5, 0.6) is 0 Å². The number of unbranched alkanes of at least 4 members (excludes halogenated alkanes) is 1. The maximum Gasteiger partial charge on any atom is 0.309 e. The Bertz CT molecular complexity index is 328. The second-order valence-electron chi connectivity index (χ2n) is 5.31. The van der Waals surface area contributed by atoms with E-state index in [1.54, 1.807) is 0 Å². The highest BCUT2D eigenvalue weighted by Gasteiger charge is 2.61. The Labute approximate surface area is 103 Å². The molecule has 0 spiro atoms. The van der Waals surface area contributed by atoms with Crippen molar-refractivity contribution in [3.63, 3.8) is 0 Å². The van der Waals surface area contributed by atoms with Gasteiger partial charge >= 0.3 is 5.97 Å². The Balaban J connectivity index is 2.71. The Kier molecular flexibility index (Phi) is 4.49. The van der Waals surface area contributed by atoms with E-state index in [9.17, 15) is 9.59 Å². The van der Waals surface area contributed by atoms with Gasteiger partial charge in [-0.3, -0.25) is 9.59 Å². The maximum atomic E-state index is 11.5. The SMILES string of the molecule is CCCCC(C=O)=CC1C(C(=O)OC)C1(C)C. The van der Waals surface area contributed by atoms with Crippen LogP contribution in [0, 0.1) is 17.3 Å². The molecule has 3 heteroatoms. The Morgan fingerprint density at radius 2 is 2.06 bits per heavy atom. The number of ether oxygens (including phenoxy) is 1. The summed E-state index contributed by atoms with van der Waals surface area (Å²) in [7, 11) is 1.41. The van der Waals surface area contributed by atoms with Crippen LogP contribution in [0.1, 0.15) is 40.0 Å². The lowest BCUT2D eigenvalue weighted by atomic mass is 10.0. The number of allylic oxidation sites excluding steroid dienone is 2. The predicted molar refractivity (Wildman–Crippen MR) is 66.4 cm³/mol. The summed E-state index contributed by atoms with van der Waals surface area (Å²) >= 11 is 0. The second-order valence-corrected chi connectivity index (χ2v) is 5.31. The minimum atomic E-state index is -0.169. The van der Waals surface area contributed by atoms with Crippen molar-refractivity contribution < 1.29 is 14.3 Å². The fourth-order valence-corrected chi connectivity index (χ4v) is 2.36. The minimum absolute atomic E-state index is 0.0758. The molecular formula is C14H22O3. The van der Waals surface area contributed by atoms with Gasteiger partial charge in [-0.15, -0.1) is 0 Å². The molecule has 17 heavy (non-hydrogen) atoms. The predicted octanol–water partition coefficient (Wildman–Crippen LogP) is 2.75. The molecule has 0 aliphatic heterocycles. The topological polar surface area (TPSA) is 43.4 Å². The van der Waals surface area contributed by atoms with E-state index in [-0.39, 0.29) is 23.2 Å². The summed E-state index contributed by atoms with van der Waals surface area (Å²) in [5.41, 5.74) is 0.740. The summed E-state index contributed by atoms with van der Waals surface area (Å²) < 4.78 is 4.78. The Hall–Kier alpha value is -1.12. The third-order valence-corrected chi connectivity index (χ3v) is 3.73. The number of methoxy groups -OCH3 is 1. The molecule has 2 unspecified atom stereocenters. The minimum Gasteiger partial charge on any atom is -0.469 e. The van der Waals surface area contributed by atoms with Gasteiger partial charge in [-0.05, 0) is 29.7 Å². The molecule has 3 nitrogen and oxygen atoms in total. The highest BCUT2D eigenvalue weighted by atomic mass is 16.5. The van der Waals surface area contributed by atoms with E-state index in [0.29, 0.717) is 0 Å². The molecule has 0 bridgehead atoms. The van der Waals surface area contributed by atoms with Crippen LogP contribution >= 0.6 is 0 Å².